The normalized spacial score (nSPS) is 11.9. The topological polar surface area (TPSA) is 58.0 Å². The van der Waals surface area contributed by atoms with E-state index in [1.165, 1.54) is 0 Å². The molecule has 0 atom stereocenters. The second-order valence-corrected chi connectivity index (χ2v) is 3.74. The summed E-state index contributed by atoms with van der Waals surface area (Å²) < 4.78 is 1.55. The molecule has 2 N–H and O–H groups in total. The molecule has 0 radical (unpaired) electrons. The fourth-order valence-corrected chi connectivity index (χ4v) is 1.74. The Bertz CT molecular complexity index is 695. The van der Waals surface area contributed by atoms with Crippen LogP contribution in [0.1, 0.15) is 12.5 Å². The quantitative estimate of drug-likeness (QED) is 0.771. The number of rotatable bonds is 2. The van der Waals surface area contributed by atoms with Crippen LogP contribution in [0.25, 0.3) is 12.7 Å². The average molecular weight is 230 g/mol. The fourth-order valence-electron chi connectivity index (χ4n) is 1.74. The summed E-state index contributed by atoms with van der Waals surface area (Å²) >= 11 is 0. The third kappa shape index (κ3) is 2.01. The summed E-state index contributed by atoms with van der Waals surface area (Å²) in [5.41, 5.74) is 1.05. The minimum Gasteiger partial charge on any atom is -0.507 e. The number of aromatic amines is 1. The van der Waals surface area contributed by atoms with E-state index in [9.17, 15) is 9.90 Å². The lowest BCUT2D eigenvalue weighted by molar-refractivity contribution is 0.474. The van der Waals surface area contributed by atoms with Crippen LogP contribution in [0.4, 0.5) is 0 Å². The average Bonchev–Trinajstić information content (AvgIpc) is 2.57. The number of nitrogens with zero attached hydrogens (tertiary/aromatic N) is 1. The van der Waals surface area contributed by atoms with Crippen molar-refractivity contribution in [3.8, 4) is 5.75 Å². The number of nitrogens with one attached hydrogen (secondary N) is 1. The Morgan fingerprint density at radius 2 is 2.18 bits per heavy atom. The Morgan fingerprint density at radius 1 is 1.47 bits per heavy atom. The van der Waals surface area contributed by atoms with Gasteiger partial charge in [-0.1, -0.05) is 24.8 Å². The molecule has 0 fully saturated rings. The van der Waals surface area contributed by atoms with Crippen molar-refractivity contribution in [1.82, 2.24) is 9.55 Å². The number of phenols is 1. The van der Waals surface area contributed by atoms with Crippen LogP contribution in [-0.2, 0) is 6.54 Å². The number of imidazole rings is 1. The SMILES string of the molecule is C=c1[nH]c(=Cc2ccccc2O)c(=O)n1CC. The molecule has 4 heteroatoms. The number of H-pyrrole nitrogens is 1. The highest BCUT2D eigenvalue weighted by Crippen LogP contribution is 2.15. The Labute approximate surface area is 98.2 Å². The molecular formula is C13H14N2O2. The van der Waals surface area contributed by atoms with Gasteiger partial charge in [0.05, 0.1) is 0 Å². The van der Waals surface area contributed by atoms with Crippen LogP contribution < -0.4 is 16.4 Å². The molecule has 0 aliphatic heterocycles. The van der Waals surface area contributed by atoms with E-state index in [0.717, 1.165) is 0 Å². The molecule has 0 unspecified atom stereocenters. The van der Waals surface area contributed by atoms with E-state index in [-0.39, 0.29) is 11.3 Å². The first-order chi connectivity index (χ1) is 8.13. The zero-order valence-electron chi connectivity index (χ0n) is 9.60. The predicted octanol–water partition coefficient (Wildman–Crippen LogP) is 0.141. The van der Waals surface area contributed by atoms with Crippen molar-refractivity contribution in [2.45, 2.75) is 13.5 Å². The van der Waals surface area contributed by atoms with Gasteiger partial charge in [0.15, 0.2) is 0 Å². The van der Waals surface area contributed by atoms with E-state index in [4.69, 9.17) is 0 Å². The molecule has 0 bridgehead atoms. The number of para-hydroxylation sites is 1. The minimum atomic E-state index is -0.124. The van der Waals surface area contributed by atoms with E-state index < -0.39 is 0 Å². The van der Waals surface area contributed by atoms with Crippen molar-refractivity contribution < 1.29 is 5.11 Å². The zero-order chi connectivity index (χ0) is 12.4. The molecule has 2 rings (SSSR count). The van der Waals surface area contributed by atoms with Crippen molar-refractivity contribution >= 4 is 12.7 Å². The second kappa shape index (κ2) is 4.33. The molecule has 1 aromatic heterocycles. The largest absolute Gasteiger partial charge is 0.507 e. The highest BCUT2D eigenvalue weighted by atomic mass is 16.3. The van der Waals surface area contributed by atoms with E-state index in [1.807, 2.05) is 6.92 Å². The van der Waals surface area contributed by atoms with E-state index >= 15 is 0 Å². The van der Waals surface area contributed by atoms with Gasteiger partial charge in [-0.05, 0) is 19.1 Å². The number of hydrogen-bond acceptors (Lipinski definition) is 2. The maximum absolute atomic E-state index is 11.9. The van der Waals surface area contributed by atoms with Crippen LogP contribution in [-0.4, -0.2) is 14.7 Å². The van der Waals surface area contributed by atoms with Gasteiger partial charge in [0.1, 0.15) is 16.6 Å². The molecule has 0 aliphatic carbocycles. The van der Waals surface area contributed by atoms with Crippen LogP contribution in [0.15, 0.2) is 29.1 Å². The Morgan fingerprint density at radius 3 is 2.76 bits per heavy atom. The molecule has 2 aromatic rings. The van der Waals surface area contributed by atoms with Crippen molar-refractivity contribution in [1.29, 1.82) is 0 Å². The highest BCUT2D eigenvalue weighted by Gasteiger charge is 2.01. The monoisotopic (exact) mass is 230 g/mol. The van der Waals surface area contributed by atoms with Crippen LogP contribution in [0.5, 0.6) is 5.75 Å². The van der Waals surface area contributed by atoms with Crippen LogP contribution in [0.3, 0.4) is 0 Å². The van der Waals surface area contributed by atoms with E-state index in [2.05, 4.69) is 11.6 Å². The predicted molar refractivity (Wildman–Crippen MR) is 67.2 cm³/mol. The molecule has 17 heavy (non-hydrogen) atoms. The smallest absolute Gasteiger partial charge is 0.275 e. The number of aromatic nitrogens is 2. The zero-order valence-corrected chi connectivity index (χ0v) is 9.60. The van der Waals surface area contributed by atoms with Gasteiger partial charge in [0.25, 0.3) is 5.56 Å². The summed E-state index contributed by atoms with van der Waals surface area (Å²) in [7, 11) is 0. The first-order valence-electron chi connectivity index (χ1n) is 5.41. The van der Waals surface area contributed by atoms with Gasteiger partial charge in [-0.3, -0.25) is 9.36 Å². The minimum absolute atomic E-state index is 0.124. The summed E-state index contributed by atoms with van der Waals surface area (Å²) in [4.78, 5) is 14.8. The molecule has 1 heterocycles. The fraction of sp³-hybridized carbons (Fsp3) is 0.154. The summed E-state index contributed by atoms with van der Waals surface area (Å²) in [5, 5.41) is 10.1. The maximum Gasteiger partial charge on any atom is 0.275 e. The maximum atomic E-state index is 11.9. The van der Waals surface area contributed by atoms with Gasteiger partial charge in [0.2, 0.25) is 0 Å². The molecule has 0 amide bonds. The van der Waals surface area contributed by atoms with Crippen molar-refractivity contribution in [2.75, 3.05) is 0 Å². The summed E-state index contributed by atoms with van der Waals surface area (Å²) in [6, 6.07) is 6.86. The lowest BCUT2D eigenvalue weighted by atomic mass is 10.2. The number of benzene rings is 1. The lowest BCUT2D eigenvalue weighted by Gasteiger charge is -1.95. The van der Waals surface area contributed by atoms with Crippen molar-refractivity contribution in [3.63, 3.8) is 0 Å². The van der Waals surface area contributed by atoms with Gasteiger partial charge >= 0.3 is 0 Å². The van der Waals surface area contributed by atoms with Crippen molar-refractivity contribution in [3.05, 3.63) is 51.0 Å². The van der Waals surface area contributed by atoms with Crippen molar-refractivity contribution in [2.24, 2.45) is 0 Å². The summed E-state index contributed by atoms with van der Waals surface area (Å²) in [6.45, 7) is 6.22. The molecule has 4 nitrogen and oxygen atoms in total. The van der Waals surface area contributed by atoms with E-state index in [1.54, 1.807) is 34.9 Å². The standard InChI is InChI=1S/C13H14N2O2/c1-3-15-9(2)14-11(13(15)17)8-10-6-4-5-7-12(10)16/h4-8,14,16H,2-3H2,1H3. The molecule has 0 spiro atoms. The van der Waals surface area contributed by atoms with E-state index in [0.29, 0.717) is 22.9 Å². The molecular weight excluding hydrogens is 216 g/mol. The van der Waals surface area contributed by atoms with Gasteiger partial charge < -0.3 is 10.1 Å². The molecule has 0 saturated heterocycles. The first kappa shape index (κ1) is 11.3. The van der Waals surface area contributed by atoms with Crippen LogP contribution >= 0.6 is 0 Å². The van der Waals surface area contributed by atoms with Gasteiger partial charge in [0, 0.05) is 12.1 Å². The third-order valence-electron chi connectivity index (χ3n) is 2.63. The third-order valence-corrected chi connectivity index (χ3v) is 2.63. The van der Waals surface area contributed by atoms with Crippen LogP contribution in [0, 0.1) is 0 Å². The molecule has 1 aromatic carbocycles. The van der Waals surface area contributed by atoms with Crippen LogP contribution in [0.2, 0.25) is 0 Å². The van der Waals surface area contributed by atoms with Gasteiger partial charge in [-0.15, -0.1) is 0 Å². The number of aromatic hydroxyl groups is 1. The summed E-state index contributed by atoms with van der Waals surface area (Å²) in [5.74, 6) is 0.148. The second-order valence-electron chi connectivity index (χ2n) is 3.74. The first-order valence-corrected chi connectivity index (χ1v) is 5.41. The summed E-state index contributed by atoms with van der Waals surface area (Å²) in [6.07, 6.45) is 1.62. The molecule has 0 aliphatic rings. The Hall–Kier alpha value is -2.23. The number of hydrogen-bond donors (Lipinski definition) is 2. The van der Waals surface area contributed by atoms with Gasteiger partial charge in [-0.2, -0.15) is 0 Å². The Kier molecular flexibility index (Phi) is 2.87. The Balaban J connectivity index is 2.67. The van der Waals surface area contributed by atoms with Gasteiger partial charge in [-0.25, -0.2) is 0 Å². The number of phenolic OH excluding ortho intramolecular Hbond substituents is 1. The lowest BCUT2D eigenvalue weighted by Crippen LogP contribution is -2.30. The molecule has 0 saturated carbocycles. The highest BCUT2D eigenvalue weighted by molar-refractivity contribution is 5.55. The molecule has 88 valence electrons.